The molecule has 88 valence electrons. The minimum absolute atomic E-state index is 0.324. The van der Waals surface area contributed by atoms with Crippen LogP contribution in [-0.2, 0) is 0 Å². The first-order valence-corrected chi connectivity index (χ1v) is 6.16. The Bertz CT molecular complexity index is 197. The molecule has 3 N–H and O–H groups in total. The van der Waals surface area contributed by atoms with Crippen molar-refractivity contribution >= 4 is 5.84 Å². The molecule has 0 unspecified atom stereocenters. The average Bonchev–Trinajstić information content (AvgIpc) is 2.93. The number of nitrogens with one attached hydrogen (secondary N) is 1. The van der Waals surface area contributed by atoms with E-state index in [9.17, 15) is 0 Å². The number of nitrogens with zero attached hydrogens (tertiary/aromatic N) is 1. The topological polar surface area (TPSA) is 53.1 Å². The van der Waals surface area contributed by atoms with Crippen LogP contribution < -0.4 is 5.73 Å². The van der Waals surface area contributed by atoms with Gasteiger partial charge in [-0.1, -0.05) is 13.8 Å². The molecule has 1 rings (SSSR count). The molecule has 0 aromatic heterocycles. The van der Waals surface area contributed by atoms with Crippen LogP contribution in [0.5, 0.6) is 0 Å². The van der Waals surface area contributed by atoms with Crippen molar-refractivity contribution in [3.8, 4) is 0 Å². The molecular formula is C12H25N3. The molecular weight excluding hydrogens is 186 g/mol. The van der Waals surface area contributed by atoms with Crippen molar-refractivity contribution in [2.45, 2.75) is 52.0 Å². The smallest absolute Gasteiger partial charge is 0.0918 e. The van der Waals surface area contributed by atoms with E-state index in [4.69, 9.17) is 11.1 Å². The Morgan fingerprint density at radius 3 is 2.53 bits per heavy atom. The lowest BCUT2D eigenvalue weighted by molar-refractivity contribution is 0.260. The van der Waals surface area contributed by atoms with E-state index >= 15 is 0 Å². The molecule has 3 heteroatoms. The summed E-state index contributed by atoms with van der Waals surface area (Å²) in [5, 5.41) is 7.25. The van der Waals surface area contributed by atoms with Gasteiger partial charge in [-0.15, -0.1) is 0 Å². The standard InChI is InChI=1S/C12H25N3/c1-10(2)4-3-8-15(11-5-6-11)9-7-12(13)14/h10-11H,3-9H2,1-2H3,(H3,13,14). The molecule has 0 aliphatic heterocycles. The third-order valence-electron chi connectivity index (χ3n) is 2.96. The molecule has 0 amide bonds. The monoisotopic (exact) mass is 211 g/mol. The van der Waals surface area contributed by atoms with Crippen molar-refractivity contribution in [3.63, 3.8) is 0 Å². The van der Waals surface area contributed by atoms with Crippen LogP contribution in [0.4, 0.5) is 0 Å². The maximum atomic E-state index is 7.25. The number of hydrogen-bond acceptors (Lipinski definition) is 2. The zero-order valence-corrected chi connectivity index (χ0v) is 10.1. The van der Waals surface area contributed by atoms with Gasteiger partial charge in [0, 0.05) is 19.0 Å². The second-order valence-corrected chi connectivity index (χ2v) is 5.08. The third kappa shape index (κ3) is 5.78. The van der Waals surface area contributed by atoms with Gasteiger partial charge in [-0.05, 0) is 38.1 Å². The van der Waals surface area contributed by atoms with E-state index < -0.39 is 0 Å². The molecule has 1 fully saturated rings. The lowest BCUT2D eigenvalue weighted by Crippen LogP contribution is -2.31. The third-order valence-corrected chi connectivity index (χ3v) is 2.96. The predicted octanol–water partition coefficient (Wildman–Crippen LogP) is 2.21. The van der Waals surface area contributed by atoms with E-state index in [0.717, 1.165) is 24.9 Å². The highest BCUT2D eigenvalue weighted by molar-refractivity contribution is 5.76. The lowest BCUT2D eigenvalue weighted by atomic mass is 10.1. The Balaban J connectivity index is 2.15. The van der Waals surface area contributed by atoms with Crippen LogP contribution in [0.3, 0.4) is 0 Å². The van der Waals surface area contributed by atoms with Gasteiger partial charge in [0.25, 0.3) is 0 Å². The first-order chi connectivity index (χ1) is 7.09. The van der Waals surface area contributed by atoms with Gasteiger partial charge in [0.15, 0.2) is 0 Å². The van der Waals surface area contributed by atoms with Crippen LogP contribution in [0.1, 0.15) is 46.0 Å². The van der Waals surface area contributed by atoms with Crippen LogP contribution in [0.15, 0.2) is 0 Å². The molecule has 0 spiro atoms. The van der Waals surface area contributed by atoms with Crippen molar-refractivity contribution in [3.05, 3.63) is 0 Å². The Hall–Kier alpha value is -0.570. The average molecular weight is 211 g/mol. The molecule has 0 radical (unpaired) electrons. The van der Waals surface area contributed by atoms with Gasteiger partial charge in [-0.3, -0.25) is 10.3 Å². The van der Waals surface area contributed by atoms with E-state index in [1.165, 1.54) is 32.2 Å². The maximum absolute atomic E-state index is 7.25. The van der Waals surface area contributed by atoms with E-state index in [-0.39, 0.29) is 0 Å². The van der Waals surface area contributed by atoms with Crippen molar-refractivity contribution in [1.82, 2.24) is 4.90 Å². The van der Waals surface area contributed by atoms with Gasteiger partial charge in [0.1, 0.15) is 0 Å². The van der Waals surface area contributed by atoms with Gasteiger partial charge in [-0.25, -0.2) is 0 Å². The number of amidine groups is 1. The van der Waals surface area contributed by atoms with Crippen molar-refractivity contribution in [2.75, 3.05) is 13.1 Å². The normalized spacial score (nSPS) is 16.3. The zero-order chi connectivity index (χ0) is 11.3. The summed E-state index contributed by atoms with van der Waals surface area (Å²) < 4.78 is 0. The summed E-state index contributed by atoms with van der Waals surface area (Å²) in [7, 11) is 0. The first kappa shape index (κ1) is 12.5. The second-order valence-electron chi connectivity index (χ2n) is 5.08. The Morgan fingerprint density at radius 1 is 1.40 bits per heavy atom. The largest absolute Gasteiger partial charge is 0.388 e. The number of nitrogens with two attached hydrogens (primary N) is 1. The molecule has 3 nitrogen and oxygen atoms in total. The molecule has 1 aliphatic rings. The molecule has 0 saturated heterocycles. The van der Waals surface area contributed by atoms with Crippen molar-refractivity contribution in [2.24, 2.45) is 11.7 Å². The number of hydrogen-bond donors (Lipinski definition) is 2. The molecule has 15 heavy (non-hydrogen) atoms. The van der Waals surface area contributed by atoms with Gasteiger partial charge in [-0.2, -0.15) is 0 Å². The highest BCUT2D eigenvalue weighted by atomic mass is 15.2. The summed E-state index contributed by atoms with van der Waals surface area (Å²) in [6, 6.07) is 0.802. The molecule has 0 aromatic carbocycles. The maximum Gasteiger partial charge on any atom is 0.0918 e. The van der Waals surface area contributed by atoms with Crippen LogP contribution >= 0.6 is 0 Å². The molecule has 0 heterocycles. The SMILES string of the molecule is CC(C)CCCN(CCC(=N)N)C1CC1. The van der Waals surface area contributed by atoms with Gasteiger partial charge < -0.3 is 5.73 Å². The van der Waals surface area contributed by atoms with Crippen molar-refractivity contribution < 1.29 is 0 Å². The molecule has 1 saturated carbocycles. The summed E-state index contributed by atoms with van der Waals surface area (Å²) in [6.07, 6.45) is 6.02. The fourth-order valence-electron chi connectivity index (χ4n) is 1.88. The Kier molecular flexibility index (Phi) is 5.09. The second kappa shape index (κ2) is 6.11. The fourth-order valence-corrected chi connectivity index (χ4v) is 1.88. The summed E-state index contributed by atoms with van der Waals surface area (Å²) in [5.74, 6) is 1.13. The molecule has 0 aromatic rings. The van der Waals surface area contributed by atoms with E-state index in [2.05, 4.69) is 18.7 Å². The van der Waals surface area contributed by atoms with E-state index in [1.54, 1.807) is 0 Å². The van der Waals surface area contributed by atoms with Crippen LogP contribution in [0, 0.1) is 11.3 Å². The molecule has 1 aliphatic carbocycles. The predicted molar refractivity (Wildman–Crippen MR) is 65.2 cm³/mol. The molecule has 0 bridgehead atoms. The quantitative estimate of drug-likeness (QED) is 0.478. The van der Waals surface area contributed by atoms with Crippen LogP contribution in [-0.4, -0.2) is 29.9 Å². The summed E-state index contributed by atoms with van der Waals surface area (Å²) in [4.78, 5) is 2.52. The van der Waals surface area contributed by atoms with Crippen LogP contribution in [0.2, 0.25) is 0 Å². The summed E-state index contributed by atoms with van der Waals surface area (Å²) in [6.45, 7) is 6.72. The highest BCUT2D eigenvalue weighted by Crippen LogP contribution is 2.27. The zero-order valence-electron chi connectivity index (χ0n) is 10.1. The van der Waals surface area contributed by atoms with Gasteiger partial charge in [0.05, 0.1) is 5.84 Å². The van der Waals surface area contributed by atoms with Gasteiger partial charge >= 0.3 is 0 Å². The Morgan fingerprint density at radius 2 is 2.07 bits per heavy atom. The highest BCUT2D eigenvalue weighted by Gasteiger charge is 2.28. The first-order valence-electron chi connectivity index (χ1n) is 6.16. The van der Waals surface area contributed by atoms with Crippen molar-refractivity contribution in [1.29, 1.82) is 5.41 Å². The fraction of sp³-hybridized carbons (Fsp3) is 0.917. The minimum atomic E-state index is 0.324. The van der Waals surface area contributed by atoms with E-state index in [1.807, 2.05) is 0 Å². The molecule has 0 atom stereocenters. The minimum Gasteiger partial charge on any atom is -0.388 e. The summed E-state index contributed by atoms with van der Waals surface area (Å²) in [5.41, 5.74) is 5.39. The Labute approximate surface area is 93.5 Å². The van der Waals surface area contributed by atoms with Crippen LogP contribution in [0.25, 0.3) is 0 Å². The summed E-state index contributed by atoms with van der Waals surface area (Å²) >= 11 is 0. The van der Waals surface area contributed by atoms with E-state index in [0.29, 0.717) is 5.84 Å². The van der Waals surface area contributed by atoms with Gasteiger partial charge in [0.2, 0.25) is 0 Å². The number of rotatable bonds is 8. The lowest BCUT2D eigenvalue weighted by Gasteiger charge is -2.21.